The summed E-state index contributed by atoms with van der Waals surface area (Å²) in [7, 11) is 1.56. The molecule has 0 unspecified atom stereocenters. The second kappa shape index (κ2) is 11.2. The fourth-order valence-electron chi connectivity index (χ4n) is 3.05. The smallest absolute Gasteiger partial charge is 0.306 e. The summed E-state index contributed by atoms with van der Waals surface area (Å²) >= 11 is 0. The van der Waals surface area contributed by atoms with Crippen LogP contribution in [0.3, 0.4) is 0 Å². The molecule has 7 heteroatoms. The number of Topliss-reactive ketones (excluding diaryl/α,β-unsaturated/α-hetero) is 1. The van der Waals surface area contributed by atoms with Crippen LogP contribution in [0.2, 0.25) is 0 Å². The highest BCUT2D eigenvalue weighted by Crippen LogP contribution is 2.25. The van der Waals surface area contributed by atoms with Crippen LogP contribution in [0.15, 0.2) is 52.9 Å². The van der Waals surface area contributed by atoms with Crippen molar-refractivity contribution in [3.8, 4) is 22.9 Å². The van der Waals surface area contributed by atoms with Crippen LogP contribution < -0.4 is 0 Å². The minimum absolute atomic E-state index is 0.161. The van der Waals surface area contributed by atoms with E-state index in [2.05, 4.69) is 10.2 Å². The number of rotatable bonds is 11. The zero-order valence-electron chi connectivity index (χ0n) is 17.8. The number of ketones is 1. The van der Waals surface area contributed by atoms with E-state index in [0.717, 1.165) is 22.3 Å². The number of ether oxygens (including phenoxy) is 2. The molecule has 31 heavy (non-hydrogen) atoms. The molecule has 0 amide bonds. The summed E-state index contributed by atoms with van der Waals surface area (Å²) in [6.07, 6.45) is 2.03. The standard InChI is InChI=1S/C24H26N2O5/c1-17(27)9-10-18-5-3-7-20(15-18)23-25-26-24(31-23)21-8-4-6-19(16-21)11-12-22(28)30-14-13-29-2/h3-8,15-16H,9-14H2,1-2H3. The fourth-order valence-corrected chi connectivity index (χ4v) is 3.05. The van der Waals surface area contributed by atoms with Crippen molar-refractivity contribution in [2.24, 2.45) is 0 Å². The maximum absolute atomic E-state index is 11.8. The Hall–Kier alpha value is -3.32. The first-order valence-corrected chi connectivity index (χ1v) is 10.2. The van der Waals surface area contributed by atoms with Gasteiger partial charge in [-0.15, -0.1) is 10.2 Å². The molecule has 7 nitrogen and oxygen atoms in total. The third-order valence-corrected chi connectivity index (χ3v) is 4.71. The van der Waals surface area contributed by atoms with Gasteiger partial charge in [0.25, 0.3) is 0 Å². The van der Waals surface area contributed by atoms with Gasteiger partial charge in [0.1, 0.15) is 12.4 Å². The summed E-state index contributed by atoms with van der Waals surface area (Å²) in [5.41, 5.74) is 3.63. The number of carbonyl (C=O) groups is 2. The normalized spacial score (nSPS) is 10.8. The maximum atomic E-state index is 11.8. The van der Waals surface area contributed by atoms with Gasteiger partial charge < -0.3 is 18.7 Å². The summed E-state index contributed by atoms with van der Waals surface area (Å²) < 4.78 is 15.8. The van der Waals surface area contributed by atoms with Crippen molar-refractivity contribution in [1.29, 1.82) is 0 Å². The number of esters is 1. The molecule has 162 valence electrons. The first kappa shape index (κ1) is 22.4. The van der Waals surface area contributed by atoms with Gasteiger partial charge in [0.15, 0.2) is 0 Å². The number of hydrogen-bond donors (Lipinski definition) is 0. The Morgan fingerprint density at radius 1 is 0.871 bits per heavy atom. The van der Waals surface area contributed by atoms with Gasteiger partial charge in [-0.05, 0) is 55.2 Å². The molecule has 0 N–H and O–H groups in total. The van der Waals surface area contributed by atoms with Gasteiger partial charge in [-0.25, -0.2) is 0 Å². The highest BCUT2D eigenvalue weighted by Gasteiger charge is 2.12. The van der Waals surface area contributed by atoms with Crippen molar-refractivity contribution < 1.29 is 23.5 Å². The minimum atomic E-state index is -0.257. The lowest BCUT2D eigenvalue weighted by atomic mass is 10.1. The van der Waals surface area contributed by atoms with Gasteiger partial charge in [-0.1, -0.05) is 24.3 Å². The molecule has 0 aliphatic carbocycles. The largest absolute Gasteiger partial charge is 0.463 e. The number of aromatic nitrogens is 2. The molecule has 1 heterocycles. The molecule has 2 aromatic carbocycles. The van der Waals surface area contributed by atoms with Crippen molar-refractivity contribution in [3.63, 3.8) is 0 Å². The van der Waals surface area contributed by atoms with Gasteiger partial charge in [-0.2, -0.15) is 0 Å². The van der Waals surface area contributed by atoms with Crippen LogP contribution in [0, 0.1) is 0 Å². The second-order valence-electron chi connectivity index (χ2n) is 7.23. The Morgan fingerprint density at radius 3 is 2.00 bits per heavy atom. The summed E-state index contributed by atoms with van der Waals surface area (Å²) in [4.78, 5) is 23.0. The quantitative estimate of drug-likeness (QED) is 0.340. The van der Waals surface area contributed by atoms with Gasteiger partial charge >= 0.3 is 5.97 Å². The highest BCUT2D eigenvalue weighted by atomic mass is 16.6. The zero-order valence-corrected chi connectivity index (χ0v) is 17.8. The van der Waals surface area contributed by atoms with Crippen LogP contribution in [0.25, 0.3) is 22.9 Å². The molecule has 3 rings (SSSR count). The van der Waals surface area contributed by atoms with Crippen molar-refractivity contribution in [2.75, 3.05) is 20.3 Å². The lowest BCUT2D eigenvalue weighted by molar-refractivity contribution is -0.144. The van der Waals surface area contributed by atoms with E-state index in [0.29, 0.717) is 37.7 Å². The average Bonchev–Trinajstić information content (AvgIpc) is 3.27. The van der Waals surface area contributed by atoms with Crippen LogP contribution in [0.5, 0.6) is 0 Å². The zero-order chi connectivity index (χ0) is 22.1. The molecule has 0 aliphatic rings. The number of benzene rings is 2. The SMILES string of the molecule is COCCOC(=O)CCc1cccc(-c2nnc(-c3cccc(CCC(C)=O)c3)o2)c1. The van der Waals surface area contributed by atoms with Crippen LogP contribution in [-0.4, -0.2) is 42.3 Å². The van der Waals surface area contributed by atoms with E-state index >= 15 is 0 Å². The van der Waals surface area contributed by atoms with Gasteiger partial charge in [0.2, 0.25) is 11.8 Å². The summed E-state index contributed by atoms with van der Waals surface area (Å²) in [6, 6.07) is 15.4. The third-order valence-electron chi connectivity index (χ3n) is 4.71. The van der Waals surface area contributed by atoms with E-state index in [9.17, 15) is 9.59 Å². The molecule has 0 aliphatic heterocycles. The van der Waals surface area contributed by atoms with Gasteiger partial charge in [0.05, 0.1) is 6.61 Å². The Labute approximate surface area is 181 Å². The van der Waals surface area contributed by atoms with Crippen molar-refractivity contribution in [1.82, 2.24) is 10.2 Å². The number of nitrogens with zero attached hydrogens (tertiary/aromatic N) is 2. The second-order valence-corrected chi connectivity index (χ2v) is 7.23. The highest BCUT2D eigenvalue weighted by molar-refractivity contribution is 5.75. The predicted octanol–water partition coefficient (Wildman–Crippen LogP) is 4.05. The van der Waals surface area contributed by atoms with E-state index in [4.69, 9.17) is 13.9 Å². The maximum Gasteiger partial charge on any atom is 0.306 e. The molecule has 0 spiro atoms. The molecular formula is C24H26N2O5. The van der Waals surface area contributed by atoms with Crippen molar-refractivity contribution in [2.45, 2.75) is 32.6 Å². The third kappa shape index (κ3) is 6.86. The molecular weight excluding hydrogens is 396 g/mol. The fraction of sp³-hybridized carbons (Fsp3) is 0.333. The monoisotopic (exact) mass is 422 g/mol. The molecule has 0 fully saturated rings. The van der Waals surface area contributed by atoms with Gasteiger partial charge in [0, 0.05) is 31.1 Å². The molecule has 3 aromatic rings. The average molecular weight is 422 g/mol. The van der Waals surface area contributed by atoms with E-state index in [1.165, 1.54) is 0 Å². The number of aryl methyl sites for hydroxylation is 2. The number of carbonyl (C=O) groups excluding carboxylic acids is 2. The van der Waals surface area contributed by atoms with Crippen molar-refractivity contribution >= 4 is 11.8 Å². The Morgan fingerprint density at radius 2 is 1.45 bits per heavy atom. The summed E-state index contributed by atoms with van der Waals surface area (Å²) in [5, 5.41) is 8.35. The molecule has 0 saturated heterocycles. The molecule has 0 radical (unpaired) electrons. The predicted molar refractivity (Wildman–Crippen MR) is 115 cm³/mol. The Kier molecular flexibility index (Phi) is 8.06. The van der Waals surface area contributed by atoms with E-state index in [1.54, 1.807) is 14.0 Å². The minimum Gasteiger partial charge on any atom is -0.463 e. The van der Waals surface area contributed by atoms with Crippen LogP contribution in [-0.2, 0) is 31.9 Å². The van der Waals surface area contributed by atoms with Crippen LogP contribution in [0.4, 0.5) is 0 Å². The Balaban J connectivity index is 1.66. The molecule has 1 aromatic heterocycles. The molecule has 0 atom stereocenters. The van der Waals surface area contributed by atoms with E-state index < -0.39 is 0 Å². The molecule has 0 saturated carbocycles. The van der Waals surface area contributed by atoms with Gasteiger partial charge in [-0.3, -0.25) is 4.79 Å². The first-order valence-electron chi connectivity index (χ1n) is 10.2. The van der Waals surface area contributed by atoms with E-state index in [-0.39, 0.29) is 24.8 Å². The topological polar surface area (TPSA) is 91.5 Å². The number of methoxy groups -OCH3 is 1. The van der Waals surface area contributed by atoms with Crippen LogP contribution in [0.1, 0.15) is 30.9 Å². The Bertz CT molecular complexity index is 1030. The van der Waals surface area contributed by atoms with E-state index in [1.807, 2.05) is 48.5 Å². The number of hydrogen-bond acceptors (Lipinski definition) is 7. The summed E-state index contributed by atoms with van der Waals surface area (Å²) in [6.45, 7) is 2.24. The lowest BCUT2D eigenvalue weighted by Crippen LogP contribution is -2.10. The lowest BCUT2D eigenvalue weighted by Gasteiger charge is -2.05. The summed E-state index contributed by atoms with van der Waals surface area (Å²) in [5.74, 6) is 0.737. The van der Waals surface area contributed by atoms with Crippen LogP contribution >= 0.6 is 0 Å². The first-order chi connectivity index (χ1) is 15.0. The molecule has 0 bridgehead atoms. The van der Waals surface area contributed by atoms with Crippen molar-refractivity contribution in [3.05, 3.63) is 59.7 Å².